The summed E-state index contributed by atoms with van der Waals surface area (Å²) in [6, 6.07) is 4.14. The molecule has 1 saturated carbocycles. The fourth-order valence-electron chi connectivity index (χ4n) is 5.74. The minimum atomic E-state index is -3.58. The lowest BCUT2D eigenvalue weighted by Gasteiger charge is -2.32. The maximum atomic E-state index is 14.0. The van der Waals surface area contributed by atoms with Gasteiger partial charge in [-0.05, 0) is 31.0 Å². The van der Waals surface area contributed by atoms with Gasteiger partial charge in [0, 0.05) is 58.6 Å². The number of benzene rings is 1. The van der Waals surface area contributed by atoms with Gasteiger partial charge in [-0.1, -0.05) is 36.9 Å². The minimum absolute atomic E-state index is 0.125. The Morgan fingerprint density at radius 2 is 1.95 bits per heavy atom. The van der Waals surface area contributed by atoms with E-state index in [1.54, 1.807) is 11.6 Å². The summed E-state index contributed by atoms with van der Waals surface area (Å²) >= 11 is 7.86. The molecule has 8 nitrogen and oxygen atoms in total. The zero-order valence-corrected chi connectivity index (χ0v) is 23.6. The molecule has 1 aromatic carbocycles. The second-order valence-corrected chi connectivity index (χ2v) is 13.4. The quantitative estimate of drug-likeness (QED) is 0.367. The fraction of sp³-hybridized carbons (Fsp3) is 0.423. The zero-order chi connectivity index (χ0) is 28.0. The molecule has 212 valence electrons. The van der Waals surface area contributed by atoms with Crippen molar-refractivity contribution < 1.29 is 21.6 Å². The van der Waals surface area contributed by atoms with E-state index in [1.807, 2.05) is 4.90 Å². The van der Waals surface area contributed by atoms with Crippen LogP contribution in [0.25, 0.3) is 5.57 Å². The fourth-order valence-corrected chi connectivity index (χ4v) is 8.42. The van der Waals surface area contributed by atoms with Gasteiger partial charge in [0.05, 0.1) is 10.9 Å². The van der Waals surface area contributed by atoms with E-state index in [2.05, 4.69) is 14.8 Å². The lowest BCUT2D eigenvalue weighted by Crippen LogP contribution is -2.43. The lowest BCUT2D eigenvalue weighted by molar-refractivity contribution is 0.0564. The monoisotopic (exact) mass is 610 g/mol. The highest BCUT2D eigenvalue weighted by Gasteiger charge is 2.42. The summed E-state index contributed by atoms with van der Waals surface area (Å²) < 4.78 is 71.1. The van der Waals surface area contributed by atoms with E-state index in [9.17, 15) is 21.6 Å². The Kier molecular flexibility index (Phi) is 7.49. The number of aliphatic imine (C=N–C) groups is 1. The third-order valence-corrected chi connectivity index (χ3v) is 10.7. The molecule has 1 saturated heterocycles. The van der Waals surface area contributed by atoms with Crippen molar-refractivity contribution >= 4 is 44.4 Å². The number of hydrogen-bond donors (Lipinski definition) is 1. The topological polar surface area (TPSA) is 92.5 Å². The van der Waals surface area contributed by atoms with Crippen LogP contribution in [0.4, 0.5) is 13.2 Å². The van der Waals surface area contributed by atoms with Gasteiger partial charge in [0.1, 0.15) is 11.9 Å². The van der Waals surface area contributed by atoms with Crippen molar-refractivity contribution in [2.75, 3.05) is 6.54 Å². The summed E-state index contributed by atoms with van der Waals surface area (Å²) in [6.45, 7) is -2.57. The van der Waals surface area contributed by atoms with Crippen LogP contribution in [0.5, 0.6) is 0 Å². The number of nitrogens with one attached hydrogen (secondary N) is 1. The molecule has 3 aromatic rings. The molecule has 0 spiro atoms. The minimum Gasteiger partial charge on any atom is -0.326 e. The number of halogens is 4. The molecule has 3 aliphatic rings. The average molecular weight is 611 g/mol. The Morgan fingerprint density at radius 1 is 1.15 bits per heavy atom. The molecule has 0 unspecified atom stereocenters. The number of sulfonamides is 1. The largest absolute Gasteiger partial charge is 0.333 e. The summed E-state index contributed by atoms with van der Waals surface area (Å²) in [5.74, 6) is -0.0173. The molecule has 40 heavy (non-hydrogen) atoms. The van der Waals surface area contributed by atoms with E-state index in [1.165, 1.54) is 41.8 Å². The van der Waals surface area contributed by atoms with Gasteiger partial charge in [-0.2, -0.15) is 13.9 Å². The number of amidine groups is 1. The third-order valence-electron chi connectivity index (χ3n) is 7.55. The number of alkyl halides is 2. The number of thiazole rings is 1. The molecular weight excluding hydrogens is 585 g/mol. The summed E-state index contributed by atoms with van der Waals surface area (Å²) in [5, 5.41) is 6.22. The van der Waals surface area contributed by atoms with Gasteiger partial charge in [0.15, 0.2) is 10.8 Å². The van der Waals surface area contributed by atoms with Crippen molar-refractivity contribution in [1.82, 2.24) is 24.4 Å². The van der Waals surface area contributed by atoms with Crippen LogP contribution >= 0.6 is 22.9 Å². The van der Waals surface area contributed by atoms with Crippen LogP contribution in [0.3, 0.4) is 0 Å². The second-order valence-electron chi connectivity index (χ2n) is 10.1. The van der Waals surface area contributed by atoms with Crippen molar-refractivity contribution in [2.24, 2.45) is 4.99 Å². The zero-order valence-electron chi connectivity index (χ0n) is 21.2. The van der Waals surface area contributed by atoms with Crippen LogP contribution in [0.1, 0.15) is 67.4 Å². The number of rotatable bonds is 7. The van der Waals surface area contributed by atoms with Crippen molar-refractivity contribution in [3.63, 3.8) is 0 Å². The highest BCUT2D eigenvalue weighted by Crippen LogP contribution is 2.46. The smallest absolute Gasteiger partial charge is 0.326 e. The van der Waals surface area contributed by atoms with Gasteiger partial charge in [0.2, 0.25) is 10.0 Å². The standard InChI is InChI=1S/C26H26ClF3N6O2S2/c27-19-12-15(28)6-7-18(19)23-22(20-8-10-36(33-20)26(29)30)21-13-16(34-40(37,38)17-4-2-1-3-5-17)14-35(21)24(32-23)25-31-9-11-39-25/h6-12,16-17,23,26,34H,1-5,13-14H2/t16-,23-/m0/s1. The van der Waals surface area contributed by atoms with Crippen molar-refractivity contribution in [3.8, 4) is 0 Å². The van der Waals surface area contributed by atoms with Gasteiger partial charge in [-0.3, -0.25) is 4.99 Å². The molecule has 2 fully saturated rings. The summed E-state index contributed by atoms with van der Waals surface area (Å²) in [4.78, 5) is 11.3. The van der Waals surface area contributed by atoms with Crippen LogP contribution in [0, 0.1) is 5.82 Å². The molecule has 1 N–H and O–H groups in total. The van der Waals surface area contributed by atoms with Gasteiger partial charge in [0.25, 0.3) is 0 Å². The number of fused-ring (bicyclic) bond motifs is 1. The van der Waals surface area contributed by atoms with Gasteiger partial charge >= 0.3 is 6.55 Å². The van der Waals surface area contributed by atoms with E-state index in [4.69, 9.17) is 16.6 Å². The first kappa shape index (κ1) is 27.4. The van der Waals surface area contributed by atoms with E-state index < -0.39 is 39.7 Å². The highest BCUT2D eigenvalue weighted by molar-refractivity contribution is 7.90. The normalized spacial score (nSPS) is 22.2. The maximum Gasteiger partial charge on any atom is 0.333 e. The maximum absolute atomic E-state index is 14.0. The van der Waals surface area contributed by atoms with Crippen LogP contribution in [0.2, 0.25) is 5.02 Å². The predicted octanol–water partition coefficient (Wildman–Crippen LogP) is 5.77. The second kappa shape index (κ2) is 10.9. The first-order valence-electron chi connectivity index (χ1n) is 13.0. The molecule has 2 atom stereocenters. The van der Waals surface area contributed by atoms with E-state index in [0.29, 0.717) is 45.2 Å². The number of aromatic nitrogens is 3. The lowest BCUT2D eigenvalue weighted by atomic mass is 9.92. The molecular formula is C26H26ClF3N6O2S2. The molecule has 0 radical (unpaired) electrons. The predicted molar refractivity (Wildman–Crippen MR) is 147 cm³/mol. The molecule has 0 bridgehead atoms. The molecule has 0 amide bonds. The Bertz CT molecular complexity index is 1570. The van der Waals surface area contributed by atoms with Gasteiger partial charge < -0.3 is 4.90 Å². The first-order valence-corrected chi connectivity index (χ1v) is 15.8. The van der Waals surface area contributed by atoms with Crippen LogP contribution in [-0.4, -0.2) is 51.8 Å². The first-order chi connectivity index (χ1) is 19.2. The Balaban J connectivity index is 1.47. The van der Waals surface area contributed by atoms with Crippen molar-refractivity contribution in [2.45, 2.75) is 62.4 Å². The van der Waals surface area contributed by atoms with E-state index >= 15 is 0 Å². The highest BCUT2D eigenvalue weighted by atomic mass is 35.5. The van der Waals surface area contributed by atoms with E-state index in [0.717, 1.165) is 19.3 Å². The third kappa shape index (κ3) is 5.19. The summed E-state index contributed by atoms with van der Waals surface area (Å²) in [6.07, 6.45) is 7.15. The molecule has 2 aromatic heterocycles. The molecule has 4 heterocycles. The molecule has 1 aliphatic carbocycles. The molecule has 14 heteroatoms. The van der Waals surface area contributed by atoms with Crippen molar-refractivity contribution in [1.29, 1.82) is 0 Å². The van der Waals surface area contributed by atoms with Crippen LogP contribution in [0.15, 0.2) is 52.7 Å². The Hall–Kier alpha value is -2.74. The van der Waals surface area contributed by atoms with Gasteiger partial charge in [-0.25, -0.2) is 27.2 Å². The molecule has 6 rings (SSSR count). The van der Waals surface area contributed by atoms with Gasteiger partial charge in [-0.15, -0.1) is 11.3 Å². The average Bonchev–Trinajstić information content (AvgIpc) is 3.69. The van der Waals surface area contributed by atoms with Crippen molar-refractivity contribution in [3.05, 3.63) is 74.8 Å². The molecule has 2 aliphatic heterocycles. The van der Waals surface area contributed by atoms with Crippen LogP contribution in [-0.2, 0) is 10.0 Å². The Labute approximate surface area is 238 Å². The number of hydrogen-bond acceptors (Lipinski definition) is 7. The number of nitrogens with zero attached hydrogens (tertiary/aromatic N) is 5. The summed E-state index contributed by atoms with van der Waals surface area (Å²) in [5.41, 5.74) is 1.91. The SMILES string of the molecule is O=S(=O)(N[C@H]1CC2=C(c3ccn(C(F)F)n3)[C@H](c3ccc(F)cc3Cl)N=C(c3nccs3)N2C1)C1CCCCC1. The Morgan fingerprint density at radius 3 is 2.62 bits per heavy atom. The van der Waals surface area contributed by atoms with E-state index in [-0.39, 0.29) is 23.7 Å². The van der Waals surface area contributed by atoms with Crippen LogP contribution < -0.4 is 4.72 Å². The summed E-state index contributed by atoms with van der Waals surface area (Å²) in [7, 11) is -3.58.